The minimum Gasteiger partial charge on any atom is -0.438 e. The molecule has 0 radical (unpaired) electrons. The van der Waals surface area contributed by atoms with Gasteiger partial charge >= 0.3 is 0 Å². The molecule has 8 heteroatoms. The van der Waals surface area contributed by atoms with Gasteiger partial charge in [0, 0.05) is 0 Å². The van der Waals surface area contributed by atoms with Crippen molar-refractivity contribution in [3.05, 3.63) is 48.2 Å². The molecule has 0 aliphatic rings. The Morgan fingerprint density at radius 1 is 1.15 bits per heavy atom. The maximum Gasteiger partial charge on any atom is 0.264 e. The molecule has 2 aromatic rings. The SMILES string of the molecule is CS(=O)(=O)OCc1cnc(Oc2ccc(F)cc2)cn1. The second kappa shape index (κ2) is 5.93. The fourth-order valence-electron chi connectivity index (χ4n) is 1.26. The Hall–Kier alpha value is -2.06. The molecule has 0 spiro atoms. The highest BCUT2D eigenvalue weighted by molar-refractivity contribution is 7.85. The van der Waals surface area contributed by atoms with Gasteiger partial charge < -0.3 is 4.74 Å². The van der Waals surface area contributed by atoms with Crippen LogP contribution in [0.5, 0.6) is 11.6 Å². The normalized spacial score (nSPS) is 11.3. The van der Waals surface area contributed by atoms with E-state index < -0.39 is 10.1 Å². The van der Waals surface area contributed by atoms with Gasteiger partial charge in [-0.1, -0.05) is 0 Å². The molecule has 6 nitrogen and oxygen atoms in total. The first kappa shape index (κ1) is 14.4. The molecule has 0 saturated heterocycles. The van der Waals surface area contributed by atoms with E-state index in [1.54, 1.807) is 0 Å². The minimum atomic E-state index is -3.52. The molecule has 0 amide bonds. The zero-order chi connectivity index (χ0) is 14.6. The summed E-state index contributed by atoms with van der Waals surface area (Å²) >= 11 is 0. The zero-order valence-corrected chi connectivity index (χ0v) is 11.3. The van der Waals surface area contributed by atoms with Crippen molar-refractivity contribution >= 4 is 10.1 Å². The molecule has 0 atom stereocenters. The van der Waals surface area contributed by atoms with E-state index in [9.17, 15) is 12.8 Å². The van der Waals surface area contributed by atoms with Gasteiger partial charge in [0.2, 0.25) is 5.88 Å². The second-order valence-corrected chi connectivity index (χ2v) is 5.51. The van der Waals surface area contributed by atoms with Crippen molar-refractivity contribution in [1.29, 1.82) is 0 Å². The van der Waals surface area contributed by atoms with Gasteiger partial charge in [-0.3, -0.25) is 9.17 Å². The highest BCUT2D eigenvalue weighted by Gasteiger charge is 2.05. The number of hydrogen-bond acceptors (Lipinski definition) is 6. The van der Waals surface area contributed by atoms with E-state index in [2.05, 4.69) is 14.2 Å². The molecule has 106 valence electrons. The Balaban J connectivity index is 1.99. The topological polar surface area (TPSA) is 78.4 Å². The standard InChI is InChI=1S/C12H11FN2O4S/c1-20(16,17)18-8-10-6-15-12(7-14-10)19-11-4-2-9(13)3-5-11/h2-7H,8H2,1H3. The zero-order valence-electron chi connectivity index (χ0n) is 10.5. The lowest BCUT2D eigenvalue weighted by molar-refractivity contribution is 0.306. The predicted octanol–water partition coefficient (Wildman–Crippen LogP) is 1.88. The van der Waals surface area contributed by atoms with Crippen molar-refractivity contribution < 1.29 is 21.7 Å². The second-order valence-electron chi connectivity index (χ2n) is 3.87. The molecule has 0 N–H and O–H groups in total. The summed E-state index contributed by atoms with van der Waals surface area (Å²) in [5.41, 5.74) is 0.349. The summed E-state index contributed by atoms with van der Waals surface area (Å²) in [6, 6.07) is 5.43. The van der Waals surface area contributed by atoms with Crippen molar-refractivity contribution in [2.45, 2.75) is 6.61 Å². The quantitative estimate of drug-likeness (QED) is 0.784. The number of rotatable bonds is 5. The first-order chi connectivity index (χ1) is 9.42. The number of nitrogens with zero attached hydrogens (tertiary/aromatic N) is 2. The lowest BCUT2D eigenvalue weighted by Crippen LogP contribution is -2.04. The van der Waals surface area contributed by atoms with Gasteiger partial charge in [0.1, 0.15) is 18.2 Å². The predicted molar refractivity (Wildman–Crippen MR) is 68.1 cm³/mol. The molecule has 1 aromatic carbocycles. The molecule has 0 aliphatic carbocycles. The van der Waals surface area contributed by atoms with Crippen LogP contribution < -0.4 is 4.74 Å². The van der Waals surface area contributed by atoms with Crippen molar-refractivity contribution in [3.8, 4) is 11.6 Å². The average molecular weight is 298 g/mol. The monoisotopic (exact) mass is 298 g/mol. The Kier molecular flexibility index (Phi) is 4.26. The van der Waals surface area contributed by atoms with Crippen LogP contribution >= 0.6 is 0 Å². The molecule has 0 aliphatic heterocycles. The fraction of sp³-hybridized carbons (Fsp3) is 0.167. The van der Waals surface area contributed by atoms with E-state index in [0.717, 1.165) is 6.26 Å². The first-order valence-electron chi connectivity index (χ1n) is 5.51. The van der Waals surface area contributed by atoms with Crippen LogP contribution in [0.3, 0.4) is 0 Å². The smallest absolute Gasteiger partial charge is 0.264 e. The van der Waals surface area contributed by atoms with E-state index in [0.29, 0.717) is 11.4 Å². The van der Waals surface area contributed by atoms with Crippen molar-refractivity contribution in [2.75, 3.05) is 6.26 Å². The third kappa shape index (κ3) is 4.56. The number of hydrogen-bond donors (Lipinski definition) is 0. The summed E-state index contributed by atoms with van der Waals surface area (Å²) in [5, 5.41) is 0. The van der Waals surface area contributed by atoms with Crippen LogP contribution in [-0.4, -0.2) is 24.6 Å². The number of halogens is 1. The third-order valence-electron chi connectivity index (χ3n) is 2.14. The third-order valence-corrected chi connectivity index (χ3v) is 2.68. The van der Waals surface area contributed by atoms with Gasteiger partial charge in [0.25, 0.3) is 10.1 Å². The maximum absolute atomic E-state index is 12.7. The summed E-state index contributed by atoms with van der Waals surface area (Å²) in [6.07, 6.45) is 3.61. The number of aromatic nitrogens is 2. The molecule has 0 saturated carbocycles. The maximum atomic E-state index is 12.7. The first-order valence-corrected chi connectivity index (χ1v) is 7.33. The highest BCUT2D eigenvalue weighted by Crippen LogP contribution is 2.18. The van der Waals surface area contributed by atoms with Crippen LogP contribution in [0.1, 0.15) is 5.69 Å². The van der Waals surface area contributed by atoms with Gasteiger partial charge in [-0.15, -0.1) is 0 Å². The molecule has 2 rings (SSSR count). The molecular formula is C12H11FN2O4S. The van der Waals surface area contributed by atoms with Gasteiger partial charge in [-0.25, -0.2) is 9.37 Å². The molecule has 1 heterocycles. The van der Waals surface area contributed by atoms with Crippen molar-refractivity contribution in [1.82, 2.24) is 9.97 Å². The van der Waals surface area contributed by atoms with Crippen LogP contribution in [0.4, 0.5) is 4.39 Å². The van der Waals surface area contributed by atoms with Crippen LogP contribution in [0.25, 0.3) is 0 Å². The summed E-state index contributed by atoms with van der Waals surface area (Å²) in [6.45, 7) is -0.192. The molecule has 0 bridgehead atoms. The van der Waals surface area contributed by atoms with Crippen molar-refractivity contribution in [2.24, 2.45) is 0 Å². The average Bonchev–Trinajstić information content (AvgIpc) is 2.40. The van der Waals surface area contributed by atoms with Crippen molar-refractivity contribution in [3.63, 3.8) is 0 Å². The Morgan fingerprint density at radius 3 is 2.40 bits per heavy atom. The molecular weight excluding hydrogens is 287 g/mol. The number of ether oxygens (including phenoxy) is 1. The molecule has 1 aromatic heterocycles. The fourth-order valence-corrected chi connectivity index (χ4v) is 1.60. The van der Waals surface area contributed by atoms with E-state index >= 15 is 0 Å². The minimum absolute atomic E-state index is 0.192. The molecule has 20 heavy (non-hydrogen) atoms. The van der Waals surface area contributed by atoms with E-state index in [1.165, 1.54) is 36.7 Å². The van der Waals surface area contributed by atoms with Gasteiger partial charge in [-0.2, -0.15) is 8.42 Å². The van der Waals surface area contributed by atoms with Crippen LogP contribution in [-0.2, 0) is 20.9 Å². The lowest BCUT2D eigenvalue weighted by atomic mass is 10.3. The van der Waals surface area contributed by atoms with E-state index in [-0.39, 0.29) is 18.3 Å². The van der Waals surface area contributed by atoms with Crippen LogP contribution in [0, 0.1) is 5.82 Å². The Bertz CT molecular complexity index is 672. The summed E-state index contributed by atoms with van der Waals surface area (Å²) < 4.78 is 44.3. The number of benzene rings is 1. The summed E-state index contributed by atoms with van der Waals surface area (Å²) in [5.74, 6) is 0.261. The van der Waals surface area contributed by atoms with E-state index in [4.69, 9.17) is 4.74 Å². The van der Waals surface area contributed by atoms with Gasteiger partial charge in [0.05, 0.1) is 24.3 Å². The van der Waals surface area contributed by atoms with Crippen LogP contribution in [0.15, 0.2) is 36.7 Å². The summed E-state index contributed by atoms with van der Waals surface area (Å²) in [7, 11) is -3.52. The van der Waals surface area contributed by atoms with Gasteiger partial charge in [0.15, 0.2) is 0 Å². The lowest BCUT2D eigenvalue weighted by Gasteiger charge is -2.05. The molecule has 0 unspecified atom stereocenters. The largest absolute Gasteiger partial charge is 0.438 e. The van der Waals surface area contributed by atoms with Gasteiger partial charge in [-0.05, 0) is 24.3 Å². The Morgan fingerprint density at radius 2 is 1.85 bits per heavy atom. The summed E-state index contributed by atoms with van der Waals surface area (Å²) in [4.78, 5) is 7.89. The van der Waals surface area contributed by atoms with E-state index in [1.807, 2.05) is 0 Å². The molecule has 0 fully saturated rings. The highest BCUT2D eigenvalue weighted by atomic mass is 32.2. The van der Waals surface area contributed by atoms with Crippen LogP contribution in [0.2, 0.25) is 0 Å². The Labute approximate surface area is 115 Å².